The van der Waals surface area contributed by atoms with Crippen LogP contribution in [0.25, 0.3) is 0 Å². The van der Waals surface area contributed by atoms with Gasteiger partial charge in [0.25, 0.3) is 0 Å². The standard InChI is InChI=1S/C20H32N2O3/c1-14-8-9-17(18(23)13-14)15(2)21-16-7-6-11-22(12-10-16)19(24)25-20(3,4)5/h8-9,13,15-16,21,23H,6-7,10-12H2,1-5H3. The van der Waals surface area contributed by atoms with E-state index in [4.69, 9.17) is 4.74 Å². The maximum atomic E-state index is 12.2. The summed E-state index contributed by atoms with van der Waals surface area (Å²) in [6.07, 6.45) is 2.62. The van der Waals surface area contributed by atoms with E-state index in [2.05, 4.69) is 12.2 Å². The van der Waals surface area contributed by atoms with Gasteiger partial charge in [0.1, 0.15) is 11.4 Å². The number of phenols is 1. The summed E-state index contributed by atoms with van der Waals surface area (Å²) in [5.41, 5.74) is 1.51. The topological polar surface area (TPSA) is 61.8 Å². The third-order valence-corrected chi connectivity index (χ3v) is 4.52. The Kier molecular flexibility index (Phi) is 6.33. The molecule has 1 aliphatic rings. The van der Waals surface area contributed by atoms with Crippen molar-refractivity contribution in [2.75, 3.05) is 13.1 Å². The number of carbonyl (C=O) groups is 1. The van der Waals surface area contributed by atoms with Crippen LogP contribution in [0, 0.1) is 6.92 Å². The van der Waals surface area contributed by atoms with Crippen LogP contribution in [-0.2, 0) is 4.74 Å². The number of hydrogen-bond donors (Lipinski definition) is 2. The molecular weight excluding hydrogens is 316 g/mol. The first-order chi connectivity index (χ1) is 11.7. The highest BCUT2D eigenvalue weighted by molar-refractivity contribution is 5.68. The minimum atomic E-state index is -0.460. The molecule has 1 aromatic carbocycles. The Labute approximate surface area is 151 Å². The van der Waals surface area contributed by atoms with Crippen molar-refractivity contribution in [3.05, 3.63) is 29.3 Å². The summed E-state index contributed by atoms with van der Waals surface area (Å²) < 4.78 is 5.48. The number of benzene rings is 1. The first-order valence-electron chi connectivity index (χ1n) is 9.19. The molecule has 1 heterocycles. The van der Waals surface area contributed by atoms with Gasteiger partial charge in [-0.25, -0.2) is 4.79 Å². The van der Waals surface area contributed by atoms with Crippen molar-refractivity contribution in [3.63, 3.8) is 0 Å². The van der Waals surface area contributed by atoms with E-state index < -0.39 is 5.60 Å². The summed E-state index contributed by atoms with van der Waals surface area (Å²) in [6.45, 7) is 11.1. The Morgan fingerprint density at radius 1 is 1.32 bits per heavy atom. The smallest absolute Gasteiger partial charge is 0.410 e. The van der Waals surface area contributed by atoms with E-state index in [-0.39, 0.29) is 12.1 Å². The maximum absolute atomic E-state index is 12.2. The van der Waals surface area contributed by atoms with E-state index in [1.54, 1.807) is 11.0 Å². The van der Waals surface area contributed by atoms with Crippen LogP contribution in [0.15, 0.2) is 18.2 Å². The fraction of sp³-hybridized carbons (Fsp3) is 0.650. The van der Waals surface area contributed by atoms with Gasteiger partial charge in [0, 0.05) is 30.7 Å². The summed E-state index contributed by atoms with van der Waals surface area (Å²) in [6, 6.07) is 6.18. The first kappa shape index (κ1) is 19.6. The van der Waals surface area contributed by atoms with Crippen molar-refractivity contribution in [2.24, 2.45) is 0 Å². The van der Waals surface area contributed by atoms with E-state index in [1.165, 1.54) is 0 Å². The number of phenolic OH excluding ortho intramolecular Hbond substituents is 1. The molecule has 1 aromatic rings. The number of carbonyl (C=O) groups excluding carboxylic acids is 1. The van der Waals surface area contributed by atoms with Gasteiger partial charge in [0.2, 0.25) is 0 Å². The normalized spacial score (nSPS) is 20.0. The van der Waals surface area contributed by atoms with Crippen LogP contribution in [-0.4, -0.2) is 40.8 Å². The number of amides is 1. The Bertz CT molecular complexity index is 595. The highest BCUT2D eigenvalue weighted by atomic mass is 16.6. The lowest BCUT2D eigenvalue weighted by atomic mass is 10.0. The van der Waals surface area contributed by atoms with Gasteiger partial charge >= 0.3 is 6.09 Å². The van der Waals surface area contributed by atoms with Gasteiger partial charge in [-0.05, 0) is 65.5 Å². The summed E-state index contributed by atoms with van der Waals surface area (Å²) in [5.74, 6) is 0.337. The van der Waals surface area contributed by atoms with E-state index in [9.17, 15) is 9.90 Å². The molecule has 2 rings (SSSR count). The largest absolute Gasteiger partial charge is 0.508 e. The second-order valence-electron chi connectivity index (χ2n) is 8.05. The summed E-state index contributed by atoms with van der Waals surface area (Å²) >= 11 is 0. The van der Waals surface area contributed by atoms with Gasteiger partial charge in [0.15, 0.2) is 0 Å². The van der Waals surface area contributed by atoms with Crippen LogP contribution >= 0.6 is 0 Å². The van der Waals surface area contributed by atoms with E-state index in [0.29, 0.717) is 18.3 Å². The SMILES string of the molecule is Cc1ccc(C(C)NC2CCCN(C(=O)OC(C)(C)C)CC2)c(O)c1. The summed E-state index contributed by atoms with van der Waals surface area (Å²) in [7, 11) is 0. The number of nitrogens with zero attached hydrogens (tertiary/aromatic N) is 1. The second kappa shape index (κ2) is 8.09. The lowest BCUT2D eigenvalue weighted by Crippen LogP contribution is -2.38. The lowest BCUT2D eigenvalue weighted by molar-refractivity contribution is 0.0256. The van der Waals surface area contributed by atoms with Crippen LogP contribution in [0.2, 0.25) is 0 Å². The molecule has 140 valence electrons. The molecule has 0 aromatic heterocycles. The molecule has 2 N–H and O–H groups in total. The third kappa shape index (κ3) is 5.92. The van der Waals surface area contributed by atoms with Crippen LogP contribution in [0.4, 0.5) is 4.79 Å². The van der Waals surface area contributed by atoms with Gasteiger partial charge in [-0.1, -0.05) is 12.1 Å². The zero-order valence-electron chi connectivity index (χ0n) is 16.1. The molecule has 1 amide bonds. The highest BCUT2D eigenvalue weighted by Crippen LogP contribution is 2.26. The molecule has 5 heteroatoms. The molecule has 25 heavy (non-hydrogen) atoms. The first-order valence-corrected chi connectivity index (χ1v) is 9.19. The fourth-order valence-corrected chi connectivity index (χ4v) is 3.24. The van der Waals surface area contributed by atoms with Crippen LogP contribution < -0.4 is 5.32 Å². The molecular formula is C20H32N2O3. The minimum Gasteiger partial charge on any atom is -0.508 e. The Morgan fingerprint density at radius 3 is 2.68 bits per heavy atom. The molecule has 2 unspecified atom stereocenters. The molecule has 1 fully saturated rings. The van der Waals surface area contributed by atoms with Crippen LogP contribution in [0.3, 0.4) is 0 Å². The monoisotopic (exact) mass is 348 g/mol. The van der Waals surface area contributed by atoms with Gasteiger partial charge < -0.3 is 20.1 Å². The van der Waals surface area contributed by atoms with E-state index in [1.807, 2.05) is 39.8 Å². The number of hydrogen-bond acceptors (Lipinski definition) is 4. The fourth-order valence-electron chi connectivity index (χ4n) is 3.24. The van der Waals surface area contributed by atoms with Crippen molar-refractivity contribution in [1.29, 1.82) is 0 Å². The molecule has 0 radical (unpaired) electrons. The quantitative estimate of drug-likeness (QED) is 0.862. The molecule has 0 bridgehead atoms. The zero-order valence-corrected chi connectivity index (χ0v) is 16.1. The molecule has 0 spiro atoms. The number of nitrogens with one attached hydrogen (secondary N) is 1. The predicted molar refractivity (Wildman–Crippen MR) is 99.8 cm³/mol. The lowest BCUT2D eigenvalue weighted by Gasteiger charge is -2.26. The maximum Gasteiger partial charge on any atom is 0.410 e. The molecule has 0 saturated carbocycles. The Balaban J connectivity index is 1.91. The van der Waals surface area contributed by atoms with Gasteiger partial charge in [-0.15, -0.1) is 0 Å². The molecule has 2 atom stereocenters. The third-order valence-electron chi connectivity index (χ3n) is 4.52. The number of aromatic hydroxyl groups is 1. The number of aryl methyl sites for hydroxylation is 1. The minimum absolute atomic E-state index is 0.0682. The summed E-state index contributed by atoms with van der Waals surface area (Å²) in [4.78, 5) is 14.1. The predicted octanol–water partition coefficient (Wildman–Crippen LogP) is 4.14. The average Bonchev–Trinajstić information content (AvgIpc) is 2.71. The van der Waals surface area contributed by atoms with Gasteiger partial charge in [-0.3, -0.25) is 0 Å². The van der Waals surface area contributed by atoms with Crippen molar-refractivity contribution in [2.45, 2.75) is 71.6 Å². The van der Waals surface area contributed by atoms with Crippen LogP contribution in [0.5, 0.6) is 5.75 Å². The van der Waals surface area contributed by atoms with Crippen molar-refractivity contribution in [1.82, 2.24) is 10.2 Å². The van der Waals surface area contributed by atoms with Crippen molar-refractivity contribution < 1.29 is 14.6 Å². The molecule has 5 nitrogen and oxygen atoms in total. The summed E-state index contributed by atoms with van der Waals surface area (Å²) in [5, 5.41) is 13.8. The van der Waals surface area contributed by atoms with Crippen molar-refractivity contribution >= 4 is 6.09 Å². The van der Waals surface area contributed by atoms with Gasteiger partial charge in [-0.2, -0.15) is 0 Å². The van der Waals surface area contributed by atoms with E-state index in [0.717, 1.165) is 36.9 Å². The van der Waals surface area contributed by atoms with Gasteiger partial charge in [0.05, 0.1) is 0 Å². The van der Waals surface area contributed by atoms with Crippen molar-refractivity contribution in [3.8, 4) is 5.75 Å². The Morgan fingerprint density at radius 2 is 2.04 bits per heavy atom. The molecule has 1 aliphatic heterocycles. The number of likely N-dealkylation sites (tertiary alicyclic amines) is 1. The average molecular weight is 348 g/mol. The van der Waals surface area contributed by atoms with Crippen LogP contribution in [0.1, 0.15) is 64.1 Å². The van der Waals surface area contributed by atoms with E-state index >= 15 is 0 Å². The molecule has 0 aliphatic carbocycles. The number of rotatable bonds is 3. The Hall–Kier alpha value is -1.75. The number of ether oxygens (including phenoxy) is 1. The highest BCUT2D eigenvalue weighted by Gasteiger charge is 2.26. The molecule has 1 saturated heterocycles. The zero-order chi connectivity index (χ0) is 18.6. The second-order valence-corrected chi connectivity index (χ2v) is 8.05.